The van der Waals surface area contributed by atoms with Crippen LogP contribution in [0.2, 0.25) is 0 Å². The van der Waals surface area contributed by atoms with Gasteiger partial charge < -0.3 is 15.5 Å². The lowest BCUT2D eigenvalue weighted by Crippen LogP contribution is -2.25. The van der Waals surface area contributed by atoms with E-state index in [9.17, 15) is 9.59 Å². The monoisotopic (exact) mass is 353 g/mol. The van der Waals surface area contributed by atoms with Crippen molar-refractivity contribution in [3.05, 3.63) is 42.4 Å². The second-order valence-corrected chi connectivity index (χ2v) is 6.37. The zero-order valence-electron chi connectivity index (χ0n) is 14.9. The Labute approximate surface area is 152 Å². The zero-order valence-corrected chi connectivity index (χ0v) is 14.9. The van der Waals surface area contributed by atoms with Crippen molar-refractivity contribution in [2.24, 2.45) is 0 Å². The van der Waals surface area contributed by atoms with Gasteiger partial charge in [-0.05, 0) is 37.1 Å². The highest BCUT2D eigenvalue weighted by atomic mass is 16.2. The van der Waals surface area contributed by atoms with E-state index < -0.39 is 0 Å². The molecule has 0 atom stereocenters. The third-order valence-electron chi connectivity index (χ3n) is 4.26. The Morgan fingerprint density at radius 1 is 0.885 bits per heavy atom. The van der Waals surface area contributed by atoms with Gasteiger partial charge in [-0.3, -0.25) is 9.59 Å². The van der Waals surface area contributed by atoms with Crippen molar-refractivity contribution >= 4 is 29.0 Å². The van der Waals surface area contributed by atoms with Crippen LogP contribution in [0.15, 0.2) is 36.7 Å². The topological polar surface area (TPSA) is 87.2 Å². The molecule has 3 rings (SSSR count). The van der Waals surface area contributed by atoms with Gasteiger partial charge in [0.15, 0.2) is 0 Å². The normalized spacial score (nSPS) is 14.4. The molecule has 0 saturated carbocycles. The van der Waals surface area contributed by atoms with Crippen LogP contribution in [0.25, 0.3) is 0 Å². The van der Waals surface area contributed by atoms with Gasteiger partial charge in [0.05, 0.1) is 12.4 Å². The van der Waals surface area contributed by atoms with Crippen LogP contribution in [-0.4, -0.2) is 34.9 Å². The molecule has 2 N–H and O–H groups in total. The quantitative estimate of drug-likeness (QED) is 0.882. The average Bonchev–Trinajstić information content (AvgIpc) is 2.92. The summed E-state index contributed by atoms with van der Waals surface area (Å²) >= 11 is 0. The number of carbonyl (C=O) groups excluding carboxylic acids is 2. The molecule has 0 aliphatic carbocycles. The number of anilines is 3. The summed E-state index contributed by atoms with van der Waals surface area (Å²) in [5, 5.41) is 5.46. The molecule has 0 bridgehead atoms. The summed E-state index contributed by atoms with van der Waals surface area (Å²) in [6, 6.07) is 6.90. The van der Waals surface area contributed by atoms with Crippen LogP contribution in [0.3, 0.4) is 0 Å². The predicted octanol–water partition coefficient (Wildman–Crippen LogP) is 3.07. The summed E-state index contributed by atoms with van der Waals surface area (Å²) < 4.78 is 0. The predicted molar refractivity (Wildman–Crippen MR) is 101 cm³/mol. The summed E-state index contributed by atoms with van der Waals surface area (Å²) in [6.45, 7) is 3.42. The van der Waals surface area contributed by atoms with Crippen molar-refractivity contribution in [2.45, 2.75) is 32.6 Å². The number of nitrogens with zero attached hydrogens (tertiary/aromatic N) is 3. The molecule has 2 aromatic rings. The number of hydrogen-bond acceptors (Lipinski definition) is 5. The molecule has 0 spiro atoms. The lowest BCUT2D eigenvalue weighted by atomic mass is 10.2. The Kier molecular flexibility index (Phi) is 5.78. The molecule has 0 radical (unpaired) electrons. The largest absolute Gasteiger partial charge is 0.355 e. The molecule has 1 aliphatic rings. The minimum atomic E-state index is -0.313. The van der Waals surface area contributed by atoms with Gasteiger partial charge in [0, 0.05) is 31.4 Å². The Balaban J connectivity index is 1.61. The molecule has 7 heteroatoms. The third-order valence-corrected chi connectivity index (χ3v) is 4.26. The lowest BCUT2D eigenvalue weighted by Gasteiger charge is -2.20. The van der Waals surface area contributed by atoms with Crippen molar-refractivity contribution in [3.63, 3.8) is 0 Å². The number of nitrogens with one attached hydrogen (secondary N) is 2. The van der Waals surface area contributed by atoms with E-state index in [0.29, 0.717) is 11.4 Å². The van der Waals surface area contributed by atoms with Crippen molar-refractivity contribution in [3.8, 4) is 0 Å². The Bertz CT molecular complexity index is 751. The molecule has 1 fully saturated rings. The second-order valence-electron chi connectivity index (χ2n) is 6.37. The highest BCUT2D eigenvalue weighted by Crippen LogP contribution is 2.17. The first-order chi connectivity index (χ1) is 12.6. The van der Waals surface area contributed by atoms with E-state index in [2.05, 4.69) is 25.5 Å². The minimum absolute atomic E-state index is 0.137. The van der Waals surface area contributed by atoms with Gasteiger partial charge in [-0.25, -0.2) is 9.97 Å². The number of hydrogen-bond donors (Lipinski definition) is 2. The first kappa shape index (κ1) is 17.8. The number of carbonyl (C=O) groups is 2. The van der Waals surface area contributed by atoms with Gasteiger partial charge in [-0.1, -0.05) is 12.8 Å². The molecule has 7 nitrogen and oxygen atoms in total. The first-order valence-corrected chi connectivity index (χ1v) is 8.88. The molecule has 136 valence electrons. The summed E-state index contributed by atoms with van der Waals surface area (Å²) in [6.07, 6.45) is 8.02. The van der Waals surface area contributed by atoms with Crippen LogP contribution >= 0.6 is 0 Å². The molecule has 1 aromatic heterocycles. The number of benzene rings is 1. The van der Waals surface area contributed by atoms with Crippen molar-refractivity contribution in [1.82, 2.24) is 9.97 Å². The first-order valence-electron chi connectivity index (χ1n) is 8.88. The maximum Gasteiger partial charge on any atom is 0.275 e. The highest BCUT2D eigenvalue weighted by molar-refractivity contribution is 6.02. The van der Waals surface area contributed by atoms with E-state index in [1.165, 1.54) is 38.8 Å². The summed E-state index contributed by atoms with van der Waals surface area (Å²) in [5.41, 5.74) is 1.58. The second kappa shape index (κ2) is 8.42. The summed E-state index contributed by atoms with van der Waals surface area (Å²) in [7, 11) is 0. The minimum Gasteiger partial charge on any atom is -0.355 e. The van der Waals surface area contributed by atoms with E-state index in [1.54, 1.807) is 30.5 Å². The third kappa shape index (κ3) is 4.78. The van der Waals surface area contributed by atoms with Crippen LogP contribution in [0.4, 0.5) is 17.2 Å². The van der Waals surface area contributed by atoms with Crippen molar-refractivity contribution in [1.29, 1.82) is 0 Å². The van der Waals surface area contributed by atoms with Crippen LogP contribution in [0.5, 0.6) is 0 Å². The molecule has 2 amide bonds. The van der Waals surface area contributed by atoms with Crippen LogP contribution in [0, 0.1) is 0 Å². The SMILES string of the molecule is CC(=O)Nc1ccc(NC(=O)c2cnc(N3CCCCCC3)cn2)cc1. The average molecular weight is 353 g/mol. The maximum absolute atomic E-state index is 12.3. The number of aromatic nitrogens is 2. The molecule has 1 aromatic carbocycles. The molecular formula is C19H23N5O2. The van der Waals surface area contributed by atoms with Gasteiger partial charge >= 0.3 is 0 Å². The molecule has 1 aliphatic heterocycles. The van der Waals surface area contributed by atoms with Crippen LogP contribution in [-0.2, 0) is 4.79 Å². The smallest absolute Gasteiger partial charge is 0.275 e. The standard InChI is InChI=1S/C19H23N5O2/c1-14(25)22-15-6-8-16(9-7-15)23-19(26)17-12-21-18(13-20-17)24-10-4-2-3-5-11-24/h6-9,12-13H,2-5,10-11H2,1H3,(H,22,25)(H,23,26). The van der Waals surface area contributed by atoms with Crippen LogP contribution in [0.1, 0.15) is 43.1 Å². The van der Waals surface area contributed by atoms with E-state index in [0.717, 1.165) is 18.9 Å². The van der Waals surface area contributed by atoms with Crippen LogP contribution < -0.4 is 15.5 Å². The van der Waals surface area contributed by atoms with E-state index >= 15 is 0 Å². The van der Waals surface area contributed by atoms with Gasteiger partial charge in [0.25, 0.3) is 5.91 Å². The Morgan fingerprint density at radius 2 is 1.50 bits per heavy atom. The fourth-order valence-electron chi connectivity index (χ4n) is 2.94. The van der Waals surface area contributed by atoms with Gasteiger partial charge in [-0.15, -0.1) is 0 Å². The maximum atomic E-state index is 12.3. The van der Waals surface area contributed by atoms with Crippen molar-refractivity contribution < 1.29 is 9.59 Å². The molecule has 2 heterocycles. The fraction of sp³-hybridized carbons (Fsp3) is 0.368. The molecule has 26 heavy (non-hydrogen) atoms. The molecule has 1 saturated heterocycles. The van der Waals surface area contributed by atoms with Gasteiger partial charge in [0.2, 0.25) is 5.91 Å². The van der Waals surface area contributed by atoms with E-state index in [1.807, 2.05) is 0 Å². The Morgan fingerprint density at radius 3 is 2.04 bits per heavy atom. The van der Waals surface area contributed by atoms with E-state index in [-0.39, 0.29) is 17.5 Å². The van der Waals surface area contributed by atoms with Gasteiger partial charge in [0.1, 0.15) is 11.5 Å². The number of rotatable bonds is 4. The summed E-state index contributed by atoms with van der Waals surface area (Å²) in [5.74, 6) is 0.372. The summed E-state index contributed by atoms with van der Waals surface area (Å²) in [4.78, 5) is 34.2. The Hall–Kier alpha value is -2.96. The van der Waals surface area contributed by atoms with Gasteiger partial charge in [-0.2, -0.15) is 0 Å². The van der Waals surface area contributed by atoms with E-state index in [4.69, 9.17) is 0 Å². The fourth-order valence-corrected chi connectivity index (χ4v) is 2.94. The van der Waals surface area contributed by atoms with Crippen molar-refractivity contribution in [2.75, 3.05) is 28.6 Å². The molecular weight excluding hydrogens is 330 g/mol. The molecule has 0 unspecified atom stereocenters. The zero-order chi connectivity index (χ0) is 18.4. The number of amides is 2. The lowest BCUT2D eigenvalue weighted by molar-refractivity contribution is -0.114. The highest BCUT2D eigenvalue weighted by Gasteiger charge is 2.13.